The van der Waals surface area contributed by atoms with Crippen LogP contribution in [0.2, 0.25) is 25.7 Å². The summed E-state index contributed by atoms with van der Waals surface area (Å²) in [6.07, 6.45) is 1.44. The van der Waals surface area contributed by atoms with Gasteiger partial charge in [0.2, 0.25) is 11.9 Å². The molecular formula is C37H50N4O5Si. The number of amides is 1. The number of ether oxygens (including phenoxy) is 2. The third-order valence-corrected chi connectivity index (χ3v) is 9.88. The number of imidazole rings is 1. The number of aliphatic hydroxyl groups is 1. The summed E-state index contributed by atoms with van der Waals surface area (Å²) < 4.78 is 13.6. The zero-order valence-corrected chi connectivity index (χ0v) is 29.6. The summed E-state index contributed by atoms with van der Waals surface area (Å²) in [6, 6.07) is 22.6. The largest absolute Gasteiger partial charge is 0.466 e. The smallest absolute Gasteiger partial charge is 0.306 e. The van der Waals surface area contributed by atoms with E-state index in [0.717, 1.165) is 39.5 Å². The van der Waals surface area contributed by atoms with Gasteiger partial charge in [0.15, 0.2) is 0 Å². The summed E-state index contributed by atoms with van der Waals surface area (Å²) in [5.74, 6) is 0.243. The number of carbonyl (C=O) groups excluding carboxylic acids is 2. The molecule has 0 aliphatic rings. The molecule has 0 radical (unpaired) electrons. The number of nitrogens with one attached hydrogen (secondary N) is 2. The monoisotopic (exact) mass is 658 g/mol. The van der Waals surface area contributed by atoms with Gasteiger partial charge in [0.1, 0.15) is 6.23 Å². The normalized spacial score (nSPS) is 12.9. The number of anilines is 3. The second kappa shape index (κ2) is 16.7. The average Bonchev–Trinajstić information content (AvgIpc) is 3.37. The van der Waals surface area contributed by atoms with Gasteiger partial charge in [-0.15, -0.1) is 0 Å². The summed E-state index contributed by atoms with van der Waals surface area (Å²) in [5.41, 5.74) is 6.32. The number of aliphatic hydroxyl groups excluding tert-OH is 1. The highest BCUT2D eigenvalue weighted by molar-refractivity contribution is 6.76. The summed E-state index contributed by atoms with van der Waals surface area (Å²) in [4.78, 5) is 30.2. The Morgan fingerprint density at radius 3 is 2.47 bits per heavy atom. The van der Waals surface area contributed by atoms with Crippen LogP contribution >= 0.6 is 0 Å². The number of carbonyl (C=O) groups is 2. The molecule has 2 unspecified atom stereocenters. The SMILES string of the molecule is CCOC(=O)CC(CCCO)c1ccc(NC(=O)Cc2ccc3nc(Nc4ccccc4C)n(C(C)OCC[Si](C)(C)C)c3c2)cc1. The van der Waals surface area contributed by atoms with Crippen LogP contribution in [0.1, 0.15) is 61.9 Å². The number of hydrogen-bond acceptors (Lipinski definition) is 7. The van der Waals surface area contributed by atoms with E-state index in [9.17, 15) is 14.7 Å². The molecule has 1 aromatic heterocycles. The number of hydrogen-bond donors (Lipinski definition) is 3. The Bertz CT molecular complexity index is 1630. The van der Waals surface area contributed by atoms with E-state index < -0.39 is 8.07 Å². The lowest BCUT2D eigenvalue weighted by Gasteiger charge is -2.22. The lowest BCUT2D eigenvalue weighted by atomic mass is 9.91. The standard InChI is InChI=1S/C37H50N4O5Si/c1-7-45-36(44)25-30(12-10-20-42)29-15-17-31(18-16-29)38-35(43)24-28-14-19-33-34(23-28)41(27(3)46-21-22-47(4,5)6)37(40-33)39-32-13-9-8-11-26(32)2/h8-9,11,13-19,23,27,30,42H,7,10,12,20-22,24-25H2,1-6H3,(H,38,43)(H,39,40). The number of aromatic nitrogens is 2. The molecule has 4 aromatic rings. The highest BCUT2D eigenvalue weighted by atomic mass is 28.3. The topological polar surface area (TPSA) is 115 Å². The summed E-state index contributed by atoms with van der Waals surface area (Å²) in [5, 5.41) is 15.8. The van der Waals surface area contributed by atoms with Crippen molar-refractivity contribution in [1.29, 1.82) is 0 Å². The van der Waals surface area contributed by atoms with Gasteiger partial charge in [0.25, 0.3) is 0 Å². The summed E-state index contributed by atoms with van der Waals surface area (Å²) >= 11 is 0. The van der Waals surface area contributed by atoms with E-state index in [1.165, 1.54) is 0 Å². The number of fused-ring (bicyclic) bond motifs is 1. The minimum absolute atomic E-state index is 0.0605. The average molecular weight is 659 g/mol. The molecule has 0 aliphatic carbocycles. The second-order valence-corrected chi connectivity index (χ2v) is 18.9. The maximum Gasteiger partial charge on any atom is 0.306 e. The Balaban J connectivity index is 1.51. The van der Waals surface area contributed by atoms with Crippen molar-refractivity contribution in [2.24, 2.45) is 0 Å². The lowest BCUT2D eigenvalue weighted by molar-refractivity contribution is -0.143. The molecule has 0 saturated carbocycles. The van der Waals surface area contributed by atoms with Crippen LogP contribution in [-0.2, 0) is 25.5 Å². The van der Waals surface area contributed by atoms with Crippen molar-refractivity contribution >= 4 is 48.3 Å². The molecule has 3 N–H and O–H groups in total. The molecule has 9 nitrogen and oxygen atoms in total. The van der Waals surface area contributed by atoms with Gasteiger partial charge >= 0.3 is 5.97 Å². The van der Waals surface area contributed by atoms with E-state index in [2.05, 4.69) is 47.8 Å². The summed E-state index contributed by atoms with van der Waals surface area (Å²) in [7, 11) is -1.27. The van der Waals surface area contributed by atoms with Crippen molar-refractivity contribution in [3.8, 4) is 0 Å². The third-order valence-electron chi connectivity index (χ3n) is 8.18. The predicted molar refractivity (Wildman–Crippen MR) is 192 cm³/mol. The van der Waals surface area contributed by atoms with E-state index in [1.54, 1.807) is 6.92 Å². The van der Waals surface area contributed by atoms with E-state index >= 15 is 0 Å². The first-order valence-electron chi connectivity index (χ1n) is 16.6. The predicted octanol–water partition coefficient (Wildman–Crippen LogP) is 7.95. The van der Waals surface area contributed by atoms with Crippen LogP contribution in [0.4, 0.5) is 17.3 Å². The molecule has 3 aromatic carbocycles. The molecule has 0 aliphatic heterocycles. The third kappa shape index (κ3) is 10.5. The van der Waals surface area contributed by atoms with E-state index in [0.29, 0.717) is 37.7 Å². The van der Waals surface area contributed by atoms with Crippen LogP contribution in [0.3, 0.4) is 0 Å². The van der Waals surface area contributed by atoms with Crippen LogP contribution < -0.4 is 10.6 Å². The molecule has 10 heteroatoms. The van der Waals surface area contributed by atoms with E-state index in [1.807, 2.05) is 67.6 Å². The fourth-order valence-electron chi connectivity index (χ4n) is 5.52. The van der Waals surface area contributed by atoms with Gasteiger partial charge in [-0.1, -0.05) is 56.0 Å². The molecule has 0 bridgehead atoms. The molecule has 0 saturated heterocycles. The Morgan fingerprint density at radius 2 is 1.79 bits per heavy atom. The first-order chi connectivity index (χ1) is 22.5. The van der Waals surface area contributed by atoms with Gasteiger partial charge in [0, 0.05) is 32.7 Å². The number of para-hydroxylation sites is 1. The molecular weight excluding hydrogens is 609 g/mol. The highest BCUT2D eigenvalue weighted by Crippen LogP contribution is 2.30. The van der Waals surface area contributed by atoms with Crippen molar-refractivity contribution in [2.45, 2.75) is 84.3 Å². The molecule has 0 fully saturated rings. The molecule has 1 amide bonds. The molecule has 1 heterocycles. The fraction of sp³-hybridized carbons (Fsp3) is 0.432. The van der Waals surface area contributed by atoms with Crippen molar-refractivity contribution < 1.29 is 24.2 Å². The van der Waals surface area contributed by atoms with Gasteiger partial charge in [-0.3, -0.25) is 14.2 Å². The van der Waals surface area contributed by atoms with Crippen molar-refractivity contribution in [2.75, 3.05) is 30.5 Å². The number of benzene rings is 3. The Morgan fingerprint density at radius 1 is 1.04 bits per heavy atom. The molecule has 0 spiro atoms. The number of nitrogens with zero attached hydrogens (tertiary/aromatic N) is 2. The van der Waals surface area contributed by atoms with Crippen molar-refractivity contribution in [3.05, 3.63) is 83.4 Å². The number of esters is 1. The highest BCUT2D eigenvalue weighted by Gasteiger charge is 2.21. The zero-order chi connectivity index (χ0) is 34.0. The van der Waals surface area contributed by atoms with Crippen LogP contribution in [0.5, 0.6) is 0 Å². The van der Waals surface area contributed by atoms with Crippen molar-refractivity contribution in [1.82, 2.24) is 9.55 Å². The van der Waals surface area contributed by atoms with E-state index in [4.69, 9.17) is 14.5 Å². The number of aryl methyl sites for hydroxylation is 1. The maximum absolute atomic E-state index is 13.2. The lowest BCUT2D eigenvalue weighted by Crippen LogP contribution is -2.23. The minimum Gasteiger partial charge on any atom is -0.466 e. The first kappa shape index (κ1) is 35.9. The Labute approximate surface area is 279 Å². The van der Waals surface area contributed by atoms with Gasteiger partial charge in [0.05, 0.1) is 30.5 Å². The second-order valence-electron chi connectivity index (χ2n) is 13.3. The number of rotatable bonds is 17. The zero-order valence-electron chi connectivity index (χ0n) is 28.6. The van der Waals surface area contributed by atoms with Gasteiger partial charge < -0.3 is 25.2 Å². The van der Waals surface area contributed by atoms with Crippen molar-refractivity contribution in [3.63, 3.8) is 0 Å². The van der Waals surface area contributed by atoms with Crippen LogP contribution in [0, 0.1) is 6.92 Å². The van der Waals surface area contributed by atoms with Gasteiger partial charge in [-0.05, 0) is 92.6 Å². The Hall–Kier alpha value is -3.99. The first-order valence-corrected chi connectivity index (χ1v) is 20.3. The van der Waals surface area contributed by atoms with Gasteiger partial charge in [-0.25, -0.2) is 4.98 Å². The van der Waals surface area contributed by atoms with Crippen LogP contribution in [0.15, 0.2) is 66.7 Å². The van der Waals surface area contributed by atoms with Crippen LogP contribution in [-0.4, -0.2) is 54.4 Å². The molecule has 4 rings (SSSR count). The fourth-order valence-corrected chi connectivity index (χ4v) is 6.25. The molecule has 252 valence electrons. The van der Waals surface area contributed by atoms with Gasteiger partial charge in [-0.2, -0.15) is 0 Å². The minimum atomic E-state index is -1.27. The van der Waals surface area contributed by atoms with E-state index in [-0.39, 0.29) is 43.5 Å². The maximum atomic E-state index is 13.2. The van der Waals surface area contributed by atoms with Crippen LogP contribution in [0.25, 0.3) is 11.0 Å². The Kier molecular flexibility index (Phi) is 12.8. The molecule has 47 heavy (non-hydrogen) atoms. The summed E-state index contributed by atoms with van der Waals surface area (Å²) in [6.45, 7) is 14.0. The quantitative estimate of drug-likeness (QED) is 0.0779. The molecule has 2 atom stereocenters.